The van der Waals surface area contributed by atoms with Gasteiger partial charge in [-0.25, -0.2) is 4.79 Å². The van der Waals surface area contributed by atoms with Crippen LogP contribution in [0.3, 0.4) is 0 Å². The number of hydrogen-bond donors (Lipinski definition) is 0. The van der Waals surface area contributed by atoms with Crippen molar-refractivity contribution in [2.45, 2.75) is 25.4 Å². The molecule has 0 spiro atoms. The van der Waals surface area contributed by atoms with Crippen LogP contribution in [0.25, 0.3) is 0 Å². The van der Waals surface area contributed by atoms with Crippen LogP contribution >= 0.6 is 0 Å². The fourth-order valence-electron chi connectivity index (χ4n) is 2.12. The van der Waals surface area contributed by atoms with Crippen molar-refractivity contribution in [3.8, 4) is 6.07 Å². The van der Waals surface area contributed by atoms with E-state index in [1.165, 1.54) is 0 Å². The summed E-state index contributed by atoms with van der Waals surface area (Å²) in [6.45, 7) is 0.522. The minimum absolute atomic E-state index is 0.0415. The van der Waals surface area contributed by atoms with E-state index in [1.807, 2.05) is 30.6 Å². The Hall–Kier alpha value is -2.28. The highest BCUT2D eigenvalue weighted by molar-refractivity contribution is 5.32. The van der Waals surface area contributed by atoms with Gasteiger partial charge in [0, 0.05) is 18.4 Å². The molecule has 0 aliphatic heterocycles. The first-order chi connectivity index (χ1) is 8.78. The normalized spacial score (nSPS) is 14.4. The average Bonchev–Trinajstić information content (AvgIpc) is 3.17. The highest BCUT2D eigenvalue weighted by Gasteiger charge is 2.25. The van der Waals surface area contributed by atoms with Crippen molar-refractivity contribution < 1.29 is 0 Å². The maximum atomic E-state index is 12.1. The lowest BCUT2D eigenvalue weighted by Crippen LogP contribution is -2.23. The average molecular weight is 239 g/mol. The summed E-state index contributed by atoms with van der Waals surface area (Å²) in [5.41, 5.74) is 1.65. The molecule has 90 valence electrons. The standard InChI is InChI=1S/C14H13N3O/c15-9-11-2-1-3-12(8-11)10-16-6-7-17(14(16)18)13-4-5-13/h1-3,6-8,13H,4-5,10H2. The molecule has 1 aromatic carbocycles. The Morgan fingerprint density at radius 3 is 2.89 bits per heavy atom. The Bertz CT molecular complexity index is 671. The van der Waals surface area contributed by atoms with Gasteiger partial charge in [-0.05, 0) is 30.5 Å². The summed E-state index contributed by atoms with van der Waals surface area (Å²) in [4.78, 5) is 12.1. The summed E-state index contributed by atoms with van der Waals surface area (Å²) >= 11 is 0. The molecule has 0 saturated heterocycles. The smallest absolute Gasteiger partial charge is 0.296 e. The molecule has 0 unspecified atom stereocenters. The lowest BCUT2D eigenvalue weighted by molar-refractivity contribution is 0.656. The Kier molecular flexibility index (Phi) is 2.52. The topological polar surface area (TPSA) is 50.7 Å². The van der Waals surface area contributed by atoms with Gasteiger partial charge in [-0.15, -0.1) is 0 Å². The molecule has 0 N–H and O–H groups in total. The Morgan fingerprint density at radius 1 is 1.33 bits per heavy atom. The van der Waals surface area contributed by atoms with Crippen molar-refractivity contribution in [3.63, 3.8) is 0 Å². The van der Waals surface area contributed by atoms with Gasteiger partial charge in [-0.1, -0.05) is 12.1 Å². The summed E-state index contributed by atoms with van der Waals surface area (Å²) < 4.78 is 3.49. The van der Waals surface area contributed by atoms with Gasteiger partial charge >= 0.3 is 5.69 Å². The van der Waals surface area contributed by atoms with E-state index in [0.29, 0.717) is 18.2 Å². The molecule has 1 aromatic heterocycles. The van der Waals surface area contributed by atoms with Crippen LogP contribution in [0.4, 0.5) is 0 Å². The number of imidazole rings is 1. The van der Waals surface area contributed by atoms with Gasteiger partial charge in [-0.3, -0.25) is 9.13 Å². The lowest BCUT2D eigenvalue weighted by Gasteiger charge is -2.02. The number of hydrogen-bond acceptors (Lipinski definition) is 2. The molecule has 3 rings (SSSR count). The van der Waals surface area contributed by atoms with Crippen LogP contribution < -0.4 is 5.69 Å². The first-order valence-corrected chi connectivity index (χ1v) is 6.04. The molecular formula is C14H13N3O. The van der Waals surface area contributed by atoms with Crippen molar-refractivity contribution in [1.29, 1.82) is 5.26 Å². The summed E-state index contributed by atoms with van der Waals surface area (Å²) in [5, 5.41) is 8.85. The largest absolute Gasteiger partial charge is 0.328 e. The van der Waals surface area contributed by atoms with Crippen LogP contribution in [-0.2, 0) is 6.54 Å². The zero-order valence-electron chi connectivity index (χ0n) is 9.91. The van der Waals surface area contributed by atoms with Crippen LogP contribution in [0.1, 0.15) is 30.0 Å². The molecule has 1 heterocycles. The number of benzene rings is 1. The van der Waals surface area contributed by atoms with Crippen molar-refractivity contribution >= 4 is 0 Å². The first-order valence-electron chi connectivity index (χ1n) is 6.04. The number of rotatable bonds is 3. The zero-order chi connectivity index (χ0) is 12.5. The van der Waals surface area contributed by atoms with Crippen molar-refractivity contribution in [2.75, 3.05) is 0 Å². The van der Waals surface area contributed by atoms with E-state index >= 15 is 0 Å². The van der Waals surface area contributed by atoms with Gasteiger partial charge in [0.15, 0.2) is 0 Å². The molecule has 0 radical (unpaired) electrons. The van der Waals surface area contributed by atoms with Crippen molar-refractivity contribution in [1.82, 2.24) is 9.13 Å². The second-order valence-corrected chi connectivity index (χ2v) is 4.66. The molecule has 0 amide bonds. The van der Waals surface area contributed by atoms with E-state index in [9.17, 15) is 4.79 Å². The van der Waals surface area contributed by atoms with E-state index < -0.39 is 0 Å². The maximum absolute atomic E-state index is 12.1. The Labute approximate surface area is 105 Å². The molecule has 1 aliphatic rings. The quantitative estimate of drug-likeness (QED) is 0.821. The zero-order valence-corrected chi connectivity index (χ0v) is 9.91. The van der Waals surface area contributed by atoms with Crippen LogP contribution in [-0.4, -0.2) is 9.13 Å². The lowest BCUT2D eigenvalue weighted by atomic mass is 10.1. The second kappa shape index (κ2) is 4.19. The minimum Gasteiger partial charge on any atom is -0.296 e. The molecule has 2 aromatic rings. The van der Waals surface area contributed by atoms with Gasteiger partial charge in [0.05, 0.1) is 18.2 Å². The second-order valence-electron chi connectivity index (χ2n) is 4.66. The predicted molar refractivity (Wildman–Crippen MR) is 67.2 cm³/mol. The third-order valence-corrected chi connectivity index (χ3v) is 3.22. The minimum atomic E-state index is 0.0415. The van der Waals surface area contributed by atoms with Gasteiger partial charge in [-0.2, -0.15) is 5.26 Å². The molecule has 4 nitrogen and oxygen atoms in total. The van der Waals surface area contributed by atoms with Gasteiger partial charge in [0.25, 0.3) is 0 Å². The number of aromatic nitrogens is 2. The van der Waals surface area contributed by atoms with E-state index in [2.05, 4.69) is 6.07 Å². The molecule has 4 heteroatoms. The third-order valence-electron chi connectivity index (χ3n) is 3.22. The third kappa shape index (κ3) is 1.95. The summed E-state index contributed by atoms with van der Waals surface area (Å²) in [6, 6.07) is 9.88. The van der Waals surface area contributed by atoms with Crippen LogP contribution in [0.5, 0.6) is 0 Å². The molecule has 18 heavy (non-hydrogen) atoms. The fourth-order valence-corrected chi connectivity index (χ4v) is 2.12. The number of nitriles is 1. The maximum Gasteiger partial charge on any atom is 0.328 e. The highest BCUT2D eigenvalue weighted by Crippen LogP contribution is 2.33. The molecule has 0 bridgehead atoms. The van der Waals surface area contributed by atoms with Crippen LogP contribution in [0.15, 0.2) is 41.5 Å². The SMILES string of the molecule is N#Cc1cccc(Cn2ccn(C3CC3)c2=O)c1. The summed E-state index contributed by atoms with van der Waals surface area (Å²) in [5.74, 6) is 0. The van der Waals surface area contributed by atoms with Crippen LogP contribution in [0, 0.1) is 11.3 Å². The number of nitrogens with zero attached hydrogens (tertiary/aromatic N) is 3. The van der Waals surface area contributed by atoms with Crippen molar-refractivity contribution in [3.05, 3.63) is 58.3 Å². The monoisotopic (exact) mass is 239 g/mol. The van der Waals surface area contributed by atoms with Crippen molar-refractivity contribution in [2.24, 2.45) is 0 Å². The summed E-state index contributed by atoms with van der Waals surface area (Å²) in [6.07, 6.45) is 5.88. The predicted octanol–water partition coefficient (Wildman–Crippen LogP) is 1.90. The van der Waals surface area contributed by atoms with Gasteiger partial charge in [0.1, 0.15) is 0 Å². The Balaban J connectivity index is 1.88. The molecular weight excluding hydrogens is 226 g/mol. The van der Waals surface area contributed by atoms with E-state index in [-0.39, 0.29) is 5.69 Å². The Morgan fingerprint density at radius 2 is 2.17 bits per heavy atom. The van der Waals surface area contributed by atoms with E-state index in [0.717, 1.165) is 18.4 Å². The molecule has 1 saturated carbocycles. The summed E-state index contributed by atoms with van der Waals surface area (Å²) in [7, 11) is 0. The van der Waals surface area contributed by atoms with Gasteiger partial charge in [0.2, 0.25) is 0 Å². The van der Waals surface area contributed by atoms with E-state index in [4.69, 9.17) is 5.26 Å². The molecule has 0 atom stereocenters. The highest BCUT2D eigenvalue weighted by atomic mass is 16.1. The fraction of sp³-hybridized carbons (Fsp3) is 0.286. The first kappa shape index (κ1) is 10.8. The van der Waals surface area contributed by atoms with E-state index in [1.54, 1.807) is 15.2 Å². The molecule has 1 fully saturated rings. The van der Waals surface area contributed by atoms with Crippen LogP contribution in [0.2, 0.25) is 0 Å². The molecule has 1 aliphatic carbocycles. The van der Waals surface area contributed by atoms with Gasteiger partial charge < -0.3 is 0 Å².